The number of ether oxygens (including phenoxy) is 1. The molecule has 0 bridgehead atoms. The molecule has 4 saturated carbocycles. The zero-order chi connectivity index (χ0) is 23.5. The van der Waals surface area contributed by atoms with Crippen molar-refractivity contribution in [2.45, 2.75) is 108 Å². The third-order valence-electron chi connectivity index (χ3n) is 10.6. The van der Waals surface area contributed by atoms with Crippen LogP contribution in [0.15, 0.2) is 17.1 Å². The first-order valence-electron chi connectivity index (χ1n) is 13.2. The van der Waals surface area contributed by atoms with Gasteiger partial charge in [-0.05, 0) is 75.7 Å². The number of unbranched alkanes of at least 4 members (excludes halogenated alkanes) is 1. The van der Waals surface area contributed by atoms with Gasteiger partial charge in [-0.1, -0.05) is 20.3 Å². The summed E-state index contributed by atoms with van der Waals surface area (Å²) in [4.78, 5) is 16.6. The van der Waals surface area contributed by atoms with Gasteiger partial charge in [-0.15, -0.1) is 0 Å². The molecule has 33 heavy (non-hydrogen) atoms. The smallest absolute Gasteiger partial charge is 0.331 e. The topological polar surface area (TPSA) is 99.4 Å². The molecule has 0 aromatic rings. The highest BCUT2D eigenvalue weighted by molar-refractivity contribution is 5.84. The standard InChI is InChI=1S/C27H41NO5/c1-3-4-15-28-17-25-12-7-18(29)16-26(25,31)13-9-20-19(25)8-11-24(2)21(10-14-27(20,24)32)22-5-6-23(30)33-22/h5-6,17-22,29,31-32H,3-4,7-16H2,1-2H3. The summed E-state index contributed by atoms with van der Waals surface area (Å²) in [7, 11) is 0. The summed E-state index contributed by atoms with van der Waals surface area (Å²) >= 11 is 0. The number of fused-ring (bicyclic) bond motifs is 5. The number of rotatable bonds is 5. The van der Waals surface area contributed by atoms with E-state index >= 15 is 0 Å². The van der Waals surface area contributed by atoms with E-state index in [4.69, 9.17) is 9.73 Å². The normalized spacial score (nSPS) is 51.3. The number of nitrogens with zero attached hydrogens (tertiary/aromatic N) is 1. The summed E-state index contributed by atoms with van der Waals surface area (Å²) < 4.78 is 5.60. The van der Waals surface area contributed by atoms with Crippen molar-refractivity contribution in [1.29, 1.82) is 0 Å². The maximum absolute atomic E-state index is 12.4. The zero-order valence-corrected chi connectivity index (χ0v) is 20.2. The number of carbonyl (C=O) groups excluding carboxylic acids is 1. The highest BCUT2D eigenvalue weighted by Gasteiger charge is 2.71. The molecule has 6 nitrogen and oxygen atoms in total. The van der Waals surface area contributed by atoms with Crippen LogP contribution in [0.3, 0.4) is 0 Å². The zero-order valence-electron chi connectivity index (χ0n) is 20.2. The van der Waals surface area contributed by atoms with E-state index in [2.05, 4.69) is 20.1 Å². The molecule has 9 atom stereocenters. The molecule has 4 fully saturated rings. The fourth-order valence-corrected chi connectivity index (χ4v) is 8.82. The van der Waals surface area contributed by atoms with Gasteiger partial charge in [0.15, 0.2) is 0 Å². The first-order valence-corrected chi connectivity index (χ1v) is 13.2. The molecule has 0 saturated heterocycles. The van der Waals surface area contributed by atoms with E-state index in [1.165, 1.54) is 6.08 Å². The molecule has 0 aromatic heterocycles. The Labute approximate surface area is 197 Å². The fraction of sp³-hybridized carbons (Fsp3) is 0.852. The molecular weight excluding hydrogens is 418 g/mol. The number of carbonyl (C=O) groups is 1. The molecule has 0 spiro atoms. The van der Waals surface area contributed by atoms with Crippen LogP contribution in [-0.4, -0.2) is 57.5 Å². The fourth-order valence-electron chi connectivity index (χ4n) is 8.82. The van der Waals surface area contributed by atoms with Gasteiger partial charge in [-0.2, -0.15) is 0 Å². The van der Waals surface area contributed by atoms with Crippen LogP contribution in [0.5, 0.6) is 0 Å². The predicted octanol–water partition coefficient (Wildman–Crippen LogP) is 3.57. The van der Waals surface area contributed by atoms with Crippen molar-refractivity contribution in [1.82, 2.24) is 0 Å². The van der Waals surface area contributed by atoms with Crippen LogP contribution in [0, 0.1) is 28.6 Å². The molecule has 0 aromatic carbocycles. The SMILES string of the molecule is CCCCN=CC12CCC(O)CC1(O)CCC1C2CCC2(C)C(C3C=CC(=O)O3)CCC12O. The van der Waals surface area contributed by atoms with Gasteiger partial charge in [0.25, 0.3) is 0 Å². The Balaban J connectivity index is 1.49. The third kappa shape index (κ3) is 3.30. The van der Waals surface area contributed by atoms with Gasteiger partial charge in [0.05, 0.1) is 17.3 Å². The maximum Gasteiger partial charge on any atom is 0.331 e. The van der Waals surface area contributed by atoms with Crippen molar-refractivity contribution in [2.24, 2.45) is 33.6 Å². The van der Waals surface area contributed by atoms with Crippen molar-refractivity contribution < 1.29 is 24.9 Å². The Morgan fingerprint density at radius 1 is 1.09 bits per heavy atom. The molecular formula is C27H41NO5. The lowest BCUT2D eigenvalue weighted by Crippen LogP contribution is -2.69. The lowest BCUT2D eigenvalue weighted by atomic mass is 9.41. The van der Waals surface area contributed by atoms with E-state index in [1.807, 2.05) is 6.08 Å². The molecule has 4 aliphatic carbocycles. The van der Waals surface area contributed by atoms with Crippen LogP contribution in [0.1, 0.15) is 84.5 Å². The molecule has 0 radical (unpaired) electrons. The van der Waals surface area contributed by atoms with Gasteiger partial charge in [0, 0.05) is 42.0 Å². The minimum Gasteiger partial charge on any atom is -0.455 e. The monoisotopic (exact) mass is 459 g/mol. The molecule has 0 amide bonds. The second-order valence-corrected chi connectivity index (χ2v) is 11.9. The number of cyclic esters (lactones) is 1. The lowest BCUT2D eigenvalue weighted by Gasteiger charge is -2.65. The van der Waals surface area contributed by atoms with E-state index < -0.39 is 22.7 Å². The highest BCUT2D eigenvalue weighted by Crippen LogP contribution is 2.70. The number of aliphatic imine (C=N–C) groups is 1. The third-order valence-corrected chi connectivity index (χ3v) is 10.6. The summed E-state index contributed by atoms with van der Waals surface area (Å²) in [6.07, 6.45) is 13.3. The van der Waals surface area contributed by atoms with Crippen molar-refractivity contribution in [3.05, 3.63) is 12.2 Å². The summed E-state index contributed by atoms with van der Waals surface area (Å²) in [5.74, 6) is 0.0656. The minimum atomic E-state index is -0.965. The van der Waals surface area contributed by atoms with E-state index in [1.54, 1.807) is 0 Å². The molecule has 1 aliphatic heterocycles. The average Bonchev–Trinajstić information content (AvgIpc) is 3.31. The van der Waals surface area contributed by atoms with Crippen molar-refractivity contribution in [2.75, 3.05) is 6.54 Å². The Hall–Kier alpha value is -1.24. The number of hydrogen-bond acceptors (Lipinski definition) is 6. The van der Waals surface area contributed by atoms with Gasteiger partial charge < -0.3 is 20.1 Å². The largest absolute Gasteiger partial charge is 0.455 e. The van der Waals surface area contributed by atoms with Crippen molar-refractivity contribution >= 4 is 12.2 Å². The van der Waals surface area contributed by atoms with E-state index in [0.29, 0.717) is 25.7 Å². The summed E-state index contributed by atoms with van der Waals surface area (Å²) in [6, 6.07) is 0. The van der Waals surface area contributed by atoms with Gasteiger partial charge in [-0.3, -0.25) is 4.99 Å². The lowest BCUT2D eigenvalue weighted by molar-refractivity contribution is -0.241. The van der Waals surface area contributed by atoms with Crippen LogP contribution in [0.4, 0.5) is 0 Å². The van der Waals surface area contributed by atoms with Gasteiger partial charge in [0.1, 0.15) is 6.10 Å². The molecule has 1 heterocycles. The first-order chi connectivity index (χ1) is 15.7. The second kappa shape index (κ2) is 8.17. The van der Waals surface area contributed by atoms with E-state index in [0.717, 1.165) is 51.5 Å². The van der Waals surface area contributed by atoms with Crippen LogP contribution >= 0.6 is 0 Å². The van der Waals surface area contributed by atoms with Crippen LogP contribution in [0.25, 0.3) is 0 Å². The van der Waals surface area contributed by atoms with Crippen LogP contribution in [-0.2, 0) is 9.53 Å². The Kier molecular flexibility index (Phi) is 5.81. The molecule has 3 N–H and O–H groups in total. The number of aliphatic hydroxyl groups is 3. The Morgan fingerprint density at radius 2 is 1.85 bits per heavy atom. The molecule has 9 unspecified atom stereocenters. The Morgan fingerprint density at radius 3 is 2.58 bits per heavy atom. The predicted molar refractivity (Wildman–Crippen MR) is 126 cm³/mol. The van der Waals surface area contributed by atoms with Gasteiger partial charge in [0.2, 0.25) is 0 Å². The van der Waals surface area contributed by atoms with Gasteiger partial charge in [-0.25, -0.2) is 4.79 Å². The Bertz CT molecular complexity index is 842. The van der Waals surface area contributed by atoms with Crippen molar-refractivity contribution in [3.63, 3.8) is 0 Å². The van der Waals surface area contributed by atoms with E-state index in [9.17, 15) is 20.1 Å². The second-order valence-electron chi connectivity index (χ2n) is 11.9. The number of hydrogen-bond donors (Lipinski definition) is 3. The number of esters is 1. The molecule has 6 heteroatoms. The maximum atomic E-state index is 12.4. The molecule has 184 valence electrons. The summed E-state index contributed by atoms with van der Waals surface area (Å²) in [5.41, 5.74) is -2.62. The molecule has 5 rings (SSSR count). The summed E-state index contributed by atoms with van der Waals surface area (Å²) in [6.45, 7) is 5.12. The van der Waals surface area contributed by atoms with Crippen molar-refractivity contribution in [3.8, 4) is 0 Å². The number of aliphatic hydroxyl groups excluding tert-OH is 1. The quantitative estimate of drug-likeness (QED) is 0.332. The highest BCUT2D eigenvalue weighted by atomic mass is 16.5. The summed E-state index contributed by atoms with van der Waals surface area (Å²) in [5, 5.41) is 34.8. The minimum absolute atomic E-state index is 0.0791. The van der Waals surface area contributed by atoms with Crippen LogP contribution in [0.2, 0.25) is 0 Å². The van der Waals surface area contributed by atoms with E-state index in [-0.39, 0.29) is 35.2 Å². The first kappa shape index (κ1) is 23.5. The molecule has 5 aliphatic rings. The van der Waals surface area contributed by atoms with Crippen LogP contribution < -0.4 is 0 Å². The average molecular weight is 460 g/mol. The van der Waals surface area contributed by atoms with Gasteiger partial charge >= 0.3 is 5.97 Å².